The van der Waals surface area contributed by atoms with Gasteiger partial charge in [-0.3, -0.25) is 19.1 Å². The number of nitrogens with one attached hydrogen (secondary N) is 1. The Morgan fingerprint density at radius 1 is 1.24 bits per heavy atom. The van der Waals surface area contributed by atoms with Gasteiger partial charge in [-0.1, -0.05) is 37.0 Å². The Morgan fingerprint density at radius 2 is 1.98 bits per heavy atom. The van der Waals surface area contributed by atoms with Crippen molar-refractivity contribution < 1.29 is 22.7 Å². The predicted octanol–water partition coefficient (Wildman–Crippen LogP) is 3.50. The van der Waals surface area contributed by atoms with Gasteiger partial charge in [-0.15, -0.1) is 0 Å². The molecule has 2 aromatic rings. The van der Waals surface area contributed by atoms with Gasteiger partial charge in [0, 0.05) is 18.7 Å². The van der Waals surface area contributed by atoms with E-state index in [2.05, 4.69) is 5.32 Å². The fraction of sp³-hybridized carbons (Fsp3) is 0.429. The van der Waals surface area contributed by atoms with Gasteiger partial charge in [0.1, 0.15) is 21.8 Å². The zero-order valence-corrected chi connectivity index (χ0v) is 25.8. The number of anilines is 1. The van der Waals surface area contributed by atoms with Crippen LogP contribution in [0.15, 0.2) is 27.9 Å². The van der Waals surface area contributed by atoms with Crippen LogP contribution in [0.1, 0.15) is 42.0 Å². The SMILES string of the molecule is CCCn1c(NCCc2ccc(OC)c(OC)c2)c(/C=C2/SC(=S)N(C3CCS(=O)(=O)C3)C2=O)c(C)c(C#N)c1=O. The molecule has 0 spiro atoms. The van der Waals surface area contributed by atoms with Crippen molar-refractivity contribution in [3.05, 3.63) is 55.7 Å². The number of hydrogen-bond acceptors (Lipinski definition) is 10. The maximum atomic E-state index is 13.5. The second-order valence-electron chi connectivity index (χ2n) is 9.81. The molecule has 3 heterocycles. The number of amides is 1. The van der Waals surface area contributed by atoms with Crippen molar-refractivity contribution in [3.8, 4) is 17.6 Å². The van der Waals surface area contributed by atoms with Crippen LogP contribution in [0.5, 0.6) is 11.5 Å². The van der Waals surface area contributed by atoms with Crippen LogP contribution < -0.4 is 20.3 Å². The summed E-state index contributed by atoms with van der Waals surface area (Å²) in [7, 11) is -0.0717. The van der Waals surface area contributed by atoms with Crippen LogP contribution in [0.4, 0.5) is 5.82 Å². The van der Waals surface area contributed by atoms with Crippen molar-refractivity contribution in [1.82, 2.24) is 9.47 Å². The molecule has 2 aliphatic rings. The zero-order chi connectivity index (χ0) is 29.9. The van der Waals surface area contributed by atoms with Gasteiger partial charge in [0.2, 0.25) is 0 Å². The molecule has 1 aromatic heterocycles. The van der Waals surface area contributed by atoms with E-state index in [9.17, 15) is 23.3 Å². The topological polar surface area (TPSA) is 131 Å². The lowest BCUT2D eigenvalue weighted by Gasteiger charge is -2.21. The molecule has 2 aliphatic heterocycles. The molecule has 4 rings (SSSR count). The third-order valence-corrected chi connectivity index (χ3v) is 10.2. The summed E-state index contributed by atoms with van der Waals surface area (Å²) in [5.41, 5.74) is 1.58. The summed E-state index contributed by atoms with van der Waals surface area (Å²) < 4.78 is 36.7. The van der Waals surface area contributed by atoms with Gasteiger partial charge in [0.15, 0.2) is 21.3 Å². The third kappa shape index (κ3) is 6.29. The second kappa shape index (κ2) is 12.7. The van der Waals surface area contributed by atoms with Gasteiger partial charge >= 0.3 is 0 Å². The molecular formula is C28H32N4O6S3. The summed E-state index contributed by atoms with van der Waals surface area (Å²) >= 11 is 6.57. The van der Waals surface area contributed by atoms with Gasteiger partial charge in [-0.05, 0) is 55.5 Å². The van der Waals surface area contributed by atoms with E-state index in [4.69, 9.17) is 21.7 Å². The van der Waals surface area contributed by atoms with Crippen molar-refractivity contribution in [1.29, 1.82) is 5.26 Å². The first kappa shape index (κ1) is 30.6. The van der Waals surface area contributed by atoms with Crippen LogP contribution in [0.2, 0.25) is 0 Å². The fourth-order valence-electron chi connectivity index (χ4n) is 5.06. The van der Waals surface area contributed by atoms with Gasteiger partial charge in [0.25, 0.3) is 11.5 Å². The molecule has 2 saturated heterocycles. The lowest BCUT2D eigenvalue weighted by atomic mass is 10.0. The van der Waals surface area contributed by atoms with Crippen LogP contribution in [0.3, 0.4) is 0 Å². The molecule has 218 valence electrons. The molecule has 0 aliphatic carbocycles. The van der Waals surface area contributed by atoms with Crippen molar-refractivity contribution in [2.75, 3.05) is 37.6 Å². The molecule has 10 nitrogen and oxygen atoms in total. The molecule has 13 heteroatoms. The first-order valence-electron chi connectivity index (χ1n) is 13.1. The van der Waals surface area contributed by atoms with E-state index in [0.29, 0.717) is 70.0 Å². The number of ether oxygens (including phenoxy) is 2. The van der Waals surface area contributed by atoms with E-state index in [1.165, 1.54) is 9.47 Å². The number of benzene rings is 1. The number of methoxy groups -OCH3 is 2. The molecule has 0 saturated carbocycles. The second-order valence-corrected chi connectivity index (χ2v) is 13.7. The Hall–Kier alpha value is -3.34. The molecule has 1 atom stereocenters. The molecule has 2 fully saturated rings. The number of carbonyl (C=O) groups excluding carboxylic acids is 1. The van der Waals surface area contributed by atoms with E-state index in [1.54, 1.807) is 27.2 Å². The fourth-order valence-corrected chi connectivity index (χ4v) is 8.14. The van der Waals surface area contributed by atoms with E-state index >= 15 is 0 Å². The number of carbonyl (C=O) groups is 1. The van der Waals surface area contributed by atoms with E-state index in [-0.39, 0.29) is 23.0 Å². The minimum Gasteiger partial charge on any atom is -0.493 e. The third-order valence-electron chi connectivity index (χ3n) is 7.15. The number of pyridine rings is 1. The first-order chi connectivity index (χ1) is 19.5. The van der Waals surface area contributed by atoms with E-state index in [1.807, 2.05) is 31.2 Å². The quantitative estimate of drug-likeness (QED) is 0.313. The van der Waals surface area contributed by atoms with Crippen LogP contribution in [-0.4, -0.2) is 66.4 Å². The molecule has 0 radical (unpaired) electrons. The average molecular weight is 617 g/mol. The minimum atomic E-state index is -3.22. The standard InChI is InChI=1S/C28H32N4O6S3/c1-5-11-31-25(30-10-8-18-6-7-22(37-3)23(13-18)38-4)20(17(2)21(15-29)26(31)33)14-24-27(34)32(28(39)40-24)19-9-12-41(35,36)16-19/h6-7,13-14,19,30H,5,8-12,16H2,1-4H3/b24-14+. The smallest absolute Gasteiger partial charge is 0.270 e. The predicted molar refractivity (Wildman–Crippen MR) is 164 cm³/mol. The zero-order valence-electron chi connectivity index (χ0n) is 23.4. The summed E-state index contributed by atoms with van der Waals surface area (Å²) in [5, 5.41) is 13.2. The Bertz CT molecular complexity index is 1620. The van der Waals surface area contributed by atoms with Crippen LogP contribution >= 0.6 is 24.0 Å². The van der Waals surface area contributed by atoms with E-state index < -0.39 is 21.4 Å². The number of rotatable bonds is 10. The highest BCUT2D eigenvalue weighted by Crippen LogP contribution is 2.38. The number of thiocarbonyl (C=S) groups is 1. The van der Waals surface area contributed by atoms with Crippen LogP contribution in [0, 0.1) is 18.3 Å². The number of sulfone groups is 1. The summed E-state index contributed by atoms with van der Waals surface area (Å²) in [6, 6.07) is 7.18. The Balaban J connectivity index is 1.71. The average Bonchev–Trinajstić information content (AvgIpc) is 3.44. The van der Waals surface area contributed by atoms with Crippen molar-refractivity contribution in [3.63, 3.8) is 0 Å². The molecular weight excluding hydrogens is 585 g/mol. The number of nitrogens with zero attached hydrogens (tertiary/aromatic N) is 3. The largest absolute Gasteiger partial charge is 0.493 e. The van der Waals surface area contributed by atoms with Gasteiger partial charge in [-0.25, -0.2) is 8.42 Å². The molecule has 41 heavy (non-hydrogen) atoms. The number of nitriles is 1. The first-order valence-corrected chi connectivity index (χ1v) is 16.2. The Kier molecular flexibility index (Phi) is 9.46. The summed E-state index contributed by atoms with van der Waals surface area (Å²) in [4.78, 5) is 28.5. The lowest BCUT2D eigenvalue weighted by molar-refractivity contribution is -0.123. The van der Waals surface area contributed by atoms with Crippen molar-refractivity contribution >= 4 is 55.9 Å². The van der Waals surface area contributed by atoms with Gasteiger partial charge in [-0.2, -0.15) is 5.26 Å². The number of aromatic nitrogens is 1. The number of thioether (sulfide) groups is 1. The lowest BCUT2D eigenvalue weighted by Crippen LogP contribution is -2.39. The van der Waals surface area contributed by atoms with Gasteiger partial charge < -0.3 is 14.8 Å². The maximum absolute atomic E-state index is 13.5. The van der Waals surface area contributed by atoms with Crippen molar-refractivity contribution in [2.24, 2.45) is 0 Å². The normalized spacial score (nSPS) is 19.0. The molecule has 1 aromatic carbocycles. The highest BCUT2D eigenvalue weighted by atomic mass is 32.2. The highest BCUT2D eigenvalue weighted by Gasteiger charge is 2.42. The van der Waals surface area contributed by atoms with Crippen LogP contribution in [0.25, 0.3) is 6.08 Å². The van der Waals surface area contributed by atoms with E-state index in [0.717, 1.165) is 17.3 Å². The monoisotopic (exact) mass is 616 g/mol. The molecule has 1 unspecified atom stereocenters. The summed E-state index contributed by atoms with van der Waals surface area (Å²) in [5.74, 6) is 1.27. The summed E-state index contributed by atoms with van der Waals surface area (Å²) in [6.45, 7) is 4.44. The van der Waals surface area contributed by atoms with Gasteiger partial charge in [0.05, 0.1) is 36.7 Å². The highest BCUT2D eigenvalue weighted by molar-refractivity contribution is 8.26. The summed E-state index contributed by atoms with van der Waals surface area (Å²) in [6.07, 6.45) is 3.24. The molecule has 0 bridgehead atoms. The Morgan fingerprint density at radius 3 is 2.59 bits per heavy atom. The van der Waals surface area contributed by atoms with Crippen molar-refractivity contribution in [2.45, 2.75) is 45.7 Å². The molecule has 1 amide bonds. The van der Waals surface area contributed by atoms with Crippen LogP contribution in [-0.2, 0) is 27.6 Å². The number of hydrogen-bond donors (Lipinski definition) is 1. The minimum absolute atomic E-state index is 0.00695. The molecule has 1 N–H and O–H groups in total. The Labute approximate surface area is 249 Å². The maximum Gasteiger partial charge on any atom is 0.270 e.